The van der Waals surface area contributed by atoms with Crippen molar-refractivity contribution >= 4 is 5.57 Å². The van der Waals surface area contributed by atoms with E-state index >= 15 is 0 Å². The average Bonchev–Trinajstić information content (AvgIpc) is 3.40. The second-order valence-electron chi connectivity index (χ2n) is 10.0. The summed E-state index contributed by atoms with van der Waals surface area (Å²) in [6, 6.07) is 9.26. The van der Waals surface area contributed by atoms with E-state index in [1.807, 2.05) is 0 Å². The Kier molecular flexibility index (Phi) is 8.37. The predicted octanol–water partition coefficient (Wildman–Crippen LogP) is 9.10. The van der Waals surface area contributed by atoms with E-state index in [-0.39, 0.29) is 0 Å². The van der Waals surface area contributed by atoms with Crippen molar-refractivity contribution in [1.82, 2.24) is 0 Å². The lowest BCUT2D eigenvalue weighted by Crippen LogP contribution is -2.05. The highest BCUT2D eigenvalue weighted by atomic mass is 14.2. The molecule has 1 fully saturated rings. The van der Waals surface area contributed by atoms with Gasteiger partial charge in [-0.3, -0.25) is 0 Å². The normalized spacial score (nSPS) is 18.8. The maximum absolute atomic E-state index is 4.45. The van der Waals surface area contributed by atoms with Gasteiger partial charge in [0, 0.05) is 0 Å². The fraction of sp³-hybridized carbons (Fsp3) is 0.533. The first-order valence-electron chi connectivity index (χ1n) is 12.3. The van der Waals surface area contributed by atoms with Crippen LogP contribution < -0.4 is 0 Å². The Hall–Kier alpha value is -1.82. The van der Waals surface area contributed by atoms with Crippen LogP contribution in [0.15, 0.2) is 66.3 Å². The Morgan fingerprint density at radius 3 is 2.40 bits per heavy atom. The van der Waals surface area contributed by atoms with Crippen LogP contribution in [-0.2, 0) is 6.42 Å². The number of benzene rings is 1. The number of hydrogen-bond donors (Lipinski definition) is 0. The van der Waals surface area contributed by atoms with Crippen LogP contribution in [0.3, 0.4) is 0 Å². The van der Waals surface area contributed by atoms with E-state index in [0.717, 1.165) is 18.8 Å². The van der Waals surface area contributed by atoms with E-state index in [2.05, 4.69) is 70.3 Å². The molecule has 162 valence electrons. The van der Waals surface area contributed by atoms with Crippen molar-refractivity contribution in [2.75, 3.05) is 0 Å². The molecule has 0 N–H and O–H groups in total. The van der Waals surface area contributed by atoms with E-state index in [4.69, 9.17) is 0 Å². The molecule has 0 radical (unpaired) electrons. The van der Waals surface area contributed by atoms with Gasteiger partial charge in [-0.05, 0) is 73.5 Å². The van der Waals surface area contributed by atoms with Gasteiger partial charge in [0.25, 0.3) is 0 Å². The molecule has 2 atom stereocenters. The van der Waals surface area contributed by atoms with E-state index < -0.39 is 0 Å². The molecule has 0 aromatic heterocycles. The maximum Gasteiger partial charge on any atom is -0.0126 e. The SMILES string of the molecule is C=C(CC1CCCC1)C(C)CC1=CC(c2ccc(CC(CCC)C(=C)C)cc2)=CC1. The smallest absolute Gasteiger partial charge is 0.0126 e. The Bertz CT molecular complexity index is 780. The summed E-state index contributed by atoms with van der Waals surface area (Å²) in [5, 5.41) is 0. The van der Waals surface area contributed by atoms with Crippen LogP contribution in [0.4, 0.5) is 0 Å². The topological polar surface area (TPSA) is 0 Å². The summed E-state index contributed by atoms with van der Waals surface area (Å²) in [6.07, 6.45) is 17.6. The molecular weight excluding hydrogens is 360 g/mol. The van der Waals surface area contributed by atoms with Crippen molar-refractivity contribution in [3.8, 4) is 0 Å². The van der Waals surface area contributed by atoms with Crippen molar-refractivity contribution in [3.63, 3.8) is 0 Å². The molecule has 0 bridgehead atoms. The quantitative estimate of drug-likeness (QED) is 0.324. The summed E-state index contributed by atoms with van der Waals surface area (Å²) >= 11 is 0. The third kappa shape index (κ3) is 6.34. The molecule has 0 spiro atoms. The highest BCUT2D eigenvalue weighted by molar-refractivity contribution is 5.77. The summed E-state index contributed by atoms with van der Waals surface area (Å²) in [5.41, 5.74) is 8.54. The van der Waals surface area contributed by atoms with E-state index in [1.165, 1.54) is 79.2 Å². The number of hydrogen-bond acceptors (Lipinski definition) is 0. The Morgan fingerprint density at radius 2 is 1.77 bits per heavy atom. The fourth-order valence-corrected chi connectivity index (χ4v) is 5.24. The molecule has 30 heavy (non-hydrogen) atoms. The highest BCUT2D eigenvalue weighted by Gasteiger charge is 2.20. The van der Waals surface area contributed by atoms with Gasteiger partial charge in [0.2, 0.25) is 0 Å². The monoisotopic (exact) mass is 402 g/mol. The minimum atomic E-state index is 0.601. The molecule has 0 aliphatic heterocycles. The van der Waals surface area contributed by atoms with Crippen molar-refractivity contribution in [2.24, 2.45) is 17.8 Å². The minimum Gasteiger partial charge on any atom is -0.0998 e. The number of allylic oxidation sites excluding steroid dienone is 6. The molecule has 0 nitrogen and oxygen atoms in total. The standard InChI is InChI=1S/C30H42/c1-6-9-29(22(2)3)20-26-12-15-28(16-13-26)30-17-14-27(21-30)19-24(5)23(4)18-25-10-7-8-11-25/h12-13,15-17,21,24-25,29H,2,4,6-11,14,18-20H2,1,3,5H3. The molecule has 0 amide bonds. The van der Waals surface area contributed by atoms with Crippen LogP contribution >= 0.6 is 0 Å². The molecular formula is C30H42. The van der Waals surface area contributed by atoms with Crippen LogP contribution in [-0.4, -0.2) is 0 Å². The lowest BCUT2D eigenvalue weighted by atomic mass is 9.87. The fourth-order valence-electron chi connectivity index (χ4n) is 5.24. The molecule has 3 rings (SSSR count). The Labute approximate surface area is 185 Å². The van der Waals surface area contributed by atoms with Crippen molar-refractivity contribution in [2.45, 2.75) is 85.0 Å². The lowest BCUT2D eigenvalue weighted by molar-refractivity contribution is 0.503. The van der Waals surface area contributed by atoms with Gasteiger partial charge >= 0.3 is 0 Å². The highest BCUT2D eigenvalue weighted by Crippen LogP contribution is 2.36. The summed E-state index contributed by atoms with van der Waals surface area (Å²) < 4.78 is 0. The second kappa shape index (κ2) is 11.0. The minimum absolute atomic E-state index is 0.601. The first kappa shape index (κ1) is 22.9. The lowest BCUT2D eigenvalue weighted by Gasteiger charge is -2.18. The van der Waals surface area contributed by atoms with Crippen LogP contribution in [0.25, 0.3) is 5.57 Å². The molecule has 1 saturated carbocycles. The second-order valence-corrected chi connectivity index (χ2v) is 10.0. The first-order valence-corrected chi connectivity index (χ1v) is 12.3. The van der Waals surface area contributed by atoms with Crippen LogP contribution in [0, 0.1) is 17.8 Å². The van der Waals surface area contributed by atoms with Crippen molar-refractivity contribution < 1.29 is 0 Å². The Morgan fingerprint density at radius 1 is 1.07 bits per heavy atom. The largest absolute Gasteiger partial charge is 0.0998 e. The van der Waals surface area contributed by atoms with E-state index in [1.54, 1.807) is 5.57 Å². The zero-order valence-electron chi connectivity index (χ0n) is 19.7. The molecule has 0 heterocycles. The van der Waals surface area contributed by atoms with Crippen LogP contribution in [0.2, 0.25) is 0 Å². The van der Waals surface area contributed by atoms with Gasteiger partial charge in [0.15, 0.2) is 0 Å². The van der Waals surface area contributed by atoms with Crippen LogP contribution in [0.1, 0.15) is 89.7 Å². The van der Waals surface area contributed by atoms with Crippen molar-refractivity contribution in [1.29, 1.82) is 0 Å². The zero-order chi connectivity index (χ0) is 21.5. The maximum atomic E-state index is 4.45. The molecule has 1 aromatic rings. The Balaban J connectivity index is 1.54. The molecule has 0 saturated heterocycles. The molecule has 2 unspecified atom stereocenters. The van der Waals surface area contributed by atoms with Gasteiger partial charge in [-0.1, -0.05) is 112 Å². The third-order valence-corrected chi connectivity index (χ3v) is 7.34. The van der Waals surface area contributed by atoms with E-state index in [9.17, 15) is 0 Å². The summed E-state index contributed by atoms with van der Waals surface area (Å²) in [4.78, 5) is 0. The predicted molar refractivity (Wildman–Crippen MR) is 134 cm³/mol. The van der Waals surface area contributed by atoms with Gasteiger partial charge in [0.1, 0.15) is 0 Å². The third-order valence-electron chi connectivity index (χ3n) is 7.34. The molecule has 0 heteroatoms. The first-order chi connectivity index (χ1) is 14.5. The summed E-state index contributed by atoms with van der Waals surface area (Å²) in [5.74, 6) is 2.12. The van der Waals surface area contributed by atoms with Gasteiger partial charge in [-0.15, -0.1) is 0 Å². The molecule has 1 aromatic carbocycles. The molecule has 2 aliphatic carbocycles. The van der Waals surface area contributed by atoms with Gasteiger partial charge in [0.05, 0.1) is 0 Å². The van der Waals surface area contributed by atoms with E-state index in [0.29, 0.717) is 11.8 Å². The number of rotatable bonds is 11. The zero-order valence-corrected chi connectivity index (χ0v) is 19.7. The van der Waals surface area contributed by atoms with Gasteiger partial charge in [-0.2, -0.15) is 0 Å². The van der Waals surface area contributed by atoms with Gasteiger partial charge in [-0.25, -0.2) is 0 Å². The van der Waals surface area contributed by atoms with Crippen molar-refractivity contribution in [3.05, 3.63) is 77.4 Å². The van der Waals surface area contributed by atoms with Gasteiger partial charge < -0.3 is 0 Å². The average molecular weight is 403 g/mol. The summed E-state index contributed by atoms with van der Waals surface area (Å²) in [7, 11) is 0. The van der Waals surface area contributed by atoms with Crippen LogP contribution in [0.5, 0.6) is 0 Å². The molecule has 2 aliphatic rings. The summed E-state index contributed by atoms with van der Waals surface area (Å²) in [6.45, 7) is 15.5.